The molecule has 0 radical (unpaired) electrons. The molecule has 20 heavy (non-hydrogen) atoms. The number of hydrogen-bond donors (Lipinski definition) is 0. The Labute approximate surface area is 119 Å². The summed E-state index contributed by atoms with van der Waals surface area (Å²) in [5, 5.41) is 0. The van der Waals surface area contributed by atoms with E-state index in [1.54, 1.807) is 43.6 Å². The van der Waals surface area contributed by atoms with Gasteiger partial charge in [0.05, 0.1) is 12.7 Å². The minimum absolute atomic E-state index is 0.00777. The molecule has 0 unspecified atom stereocenters. The lowest BCUT2D eigenvalue weighted by molar-refractivity contribution is 0.0796. The summed E-state index contributed by atoms with van der Waals surface area (Å²) in [6, 6.07) is 11.4. The smallest absolute Gasteiger partial charge is 0.255 e. The fourth-order valence-electron chi connectivity index (χ4n) is 1.90. The van der Waals surface area contributed by atoms with Crippen molar-refractivity contribution >= 4 is 5.91 Å². The summed E-state index contributed by atoms with van der Waals surface area (Å²) in [5.74, 6) is 0.833. The van der Waals surface area contributed by atoms with Gasteiger partial charge in [0.1, 0.15) is 5.75 Å². The number of amides is 1. The second kappa shape index (κ2) is 6.70. The fourth-order valence-corrected chi connectivity index (χ4v) is 1.90. The van der Waals surface area contributed by atoms with Crippen LogP contribution in [0.4, 0.5) is 0 Å². The Morgan fingerprint density at radius 1 is 1.25 bits per heavy atom. The summed E-state index contributed by atoms with van der Waals surface area (Å²) in [7, 11) is 3.45. The SMILES string of the molecule is COc1ccc(CCN(C)C(=O)c2cccnc2)cc1. The van der Waals surface area contributed by atoms with E-state index >= 15 is 0 Å². The van der Waals surface area contributed by atoms with Crippen molar-refractivity contribution in [1.82, 2.24) is 9.88 Å². The quantitative estimate of drug-likeness (QED) is 0.838. The molecule has 1 heterocycles. The van der Waals surface area contributed by atoms with Gasteiger partial charge in [-0.05, 0) is 36.2 Å². The summed E-state index contributed by atoms with van der Waals surface area (Å²) < 4.78 is 5.12. The minimum Gasteiger partial charge on any atom is -0.497 e. The highest BCUT2D eigenvalue weighted by molar-refractivity contribution is 5.93. The number of benzene rings is 1. The predicted octanol–water partition coefficient (Wildman–Crippen LogP) is 2.40. The Hall–Kier alpha value is -2.36. The van der Waals surface area contributed by atoms with Crippen molar-refractivity contribution in [1.29, 1.82) is 0 Å². The zero-order chi connectivity index (χ0) is 14.4. The molecule has 104 valence electrons. The van der Waals surface area contributed by atoms with Gasteiger partial charge in [-0.1, -0.05) is 12.1 Å². The topological polar surface area (TPSA) is 42.4 Å². The summed E-state index contributed by atoms with van der Waals surface area (Å²) in [5.41, 5.74) is 1.79. The number of rotatable bonds is 5. The predicted molar refractivity (Wildman–Crippen MR) is 77.9 cm³/mol. The van der Waals surface area contributed by atoms with Crippen molar-refractivity contribution in [3.8, 4) is 5.75 Å². The fraction of sp³-hybridized carbons (Fsp3) is 0.250. The summed E-state index contributed by atoms with van der Waals surface area (Å²) >= 11 is 0. The van der Waals surface area contributed by atoms with Crippen molar-refractivity contribution in [2.75, 3.05) is 20.7 Å². The van der Waals surface area contributed by atoms with Crippen LogP contribution in [0.5, 0.6) is 5.75 Å². The van der Waals surface area contributed by atoms with Crippen LogP contribution in [0.2, 0.25) is 0 Å². The molecule has 1 amide bonds. The zero-order valence-corrected chi connectivity index (χ0v) is 11.7. The first-order valence-corrected chi connectivity index (χ1v) is 6.49. The van der Waals surface area contributed by atoms with Crippen LogP contribution in [0.25, 0.3) is 0 Å². The van der Waals surface area contributed by atoms with Crippen LogP contribution in [-0.4, -0.2) is 36.5 Å². The molecule has 0 aliphatic rings. The van der Waals surface area contributed by atoms with Crippen molar-refractivity contribution < 1.29 is 9.53 Å². The van der Waals surface area contributed by atoms with Gasteiger partial charge in [0.25, 0.3) is 5.91 Å². The second-order valence-electron chi connectivity index (χ2n) is 4.57. The van der Waals surface area contributed by atoms with E-state index in [9.17, 15) is 4.79 Å². The number of pyridine rings is 1. The van der Waals surface area contributed by atoms with Crippen LogP contribution in [0, 0.1) is 0 Å². The number of ether oxygens (including phenoxy) is 1. The zero-order valence-electron chi connectivity index (χ0n) is 11.7. The monoisotopic (exact) mass is 270 g/mol. The van der Waals surface area contributed by atoms with Gasteiger partial charge in [0, 0.05) is 26.0 Å². The summed E-state index contributed by atoms with van der Waals surface area (Å²) in [6.07, 6.45) is 4.06. The Kier molecular flexibility index (Phi) is 4.71. The van der Waals surface area contributed by atoms with E-state index in [2.05, 4.69) is 4.98 Å². The van der Waals surface area contributed by atoms with Gasteiger partial charge in [-0.2, -0.15) is 0 Å². The maximum Gasteiger partial charge on any atom is 0.255 e. The molecule has 0 N–H and O–H groups in total. The molecule has 4 heteroatoms. The van der Waals surface area contributed by atoms with E-state index in [1.807, 2.05) is 24.3 Å². The number of methoxy groups -OCH3 is 1. The minimum atomic E-state index is -0.00777. The van der Waals surface area contributed by atoms with E-state index in [1.165, 1.54) is 5.56 Å². The van der Waals surface area contributed by atoms with Gasteiger partial charge in [0.15, 0.2) is 0 Å². The normalized spacial score (nSPS) is 10.1. The van der Waals surface area contributed by atoms with E-state index in [0.717, 1.165) is 12.2 Å². The van der Waals surface area contributed by atoms with Crippen molar-refractivity contribution in [3.05, 3.63) is 59.9 Å². The van der Waals surface area contributed by atoms with Crippen LogP contribution in [0.1, 0.15) is 15.9 Å². The molecule has 1 aromatic heterocycles. The van der Waals surface area contributed by atoms with Crippen molar-refractivity contribution in [2.45, 2.75) is 6.42 Å². The number of carbonyl (C=O) groups excluding carboxylic acids is 1. The molecule has 0 atom stereocenters. The molecule has 4 nitrogen and oxygen atoms in total. The van der Waals surface area contributed by atoms with Crippen LogP contribution in [0.3, 0.4) is 0 Å². The van der Waals surface area contributed by atoms with E-state index in [4.69, 9.17) is 4.74 Å². The molecule has 1 aromatic carbocycles. The van der Waals surface area contributed by atoms with E-state index in [-0.39, 0.29) is 5.91 Å². The molecule has 0 fully saturated rings. The van der Waals surface area contributed by atoms with Crippen molar-refractivity contribution in [3.63, 3.8) is 0 Å². The lowest BCUT2D eigenvalue weighted by atomic mass is 10.1. The lowest BCUT2D eigenvalue weighted by Crippen LogP contribution is -2.28. The molecule has 2 rings (SSSR count). The third kappa shape index (κ3) is 3.57. The van der Waals surface area contributed by atoms with Gasteiger partial charge in [-0.25, -0.2) is 0 Å². The first-order chi connectivity index (χ1) is 9.70. The Morgan fingerprint density at radius 3 is 2.60 bits per heavy atom. The molecule has 0 saturated carbocycles. The second-order valence-corrected chi connectivity index (χ2v) is 4.57. The number of aromatic nitrogens is 1. The lowest BCUT2D eigenvalue weighted by Gasteiger charge is -2.17. The Balaban J connectivity index is 1.91. The van der Waals surface area contributed by atoms with Crippen LogP contribution in [0.15, 0.2) is 48.8 Å². The highest BCUT2D eigenvalue weighted by Gasteiger charge is 2.11. The molecule has 0 aliphatic heterocycles. The third-order valence-electron chi connectivity index (χ3n) is 3.15. The van der Waals surface area contributed by atoms with Crippen LogP contribution >= 0.6 is 0 Å². The molecular weight excluding hydrogens is 252 g/mol. The summed E-state index contributed by atoms with van der Waals surface area (Å²) in [6.45, 7) is 0.667. The van der Waals surface area contributed by atoms with Gasteiger partial charge < -0.3 is 9.64 Å². The maximum absolute atomic E-state index is 12.1. The summed E-state index contributed by atoms with van der Waals surface area (Å²) in [4.78, 5) is 17.8. The average Bonchev–Trinajstić information content (AvgIpc) is 2.53. The van der Waals surface area contributed by atoms with Gasteiger partial charge in [-0.15, -0.1) is 0 Å². The van der Waals surface area contributed by atoms with Gasteiger partial charge in [-0.3, -0.25) is 9.78 Å². The van der Waals surface area contributed by atoms with Crippen molar-refractivity contribution in [2.24, 2.45) is 0 Å². The van der Waals surface area contributed by atoms with Crippen LogP contribution in [-0.2, 0) is 6.42 Å². The molecular formula is C16H18N2O2. The maximum atomic E-state index is 12.1. The molecule has 0 bridgehead atoms. The Morgan fingerprint density at radius 2 is 2.00 bits per heavy atom. The van der Waals surface area contributed by atoms with Crippen LogP contribution < -0.4 is 4.74 Å². The van der Waals surface area contributed by atoms with Gasteiger partial charge >= 0.3 is 0 Å². The highest BCUT2D eigenvalue weighted by atomic mass is 16.5. The first-order valence-electron chi connectivity index (χ1n) is 6.49. The largest absolute Gasteiger partial charge is 0.497 e. The number of carbonyl (C=O) groups is 1. The molecule has 2 aromatic rings. The van der Waals surface area contributed by atoms with Gasteiger partial charge in [0.2, 0.25) is 0 Å². The first kappa shape index (κ1) is 14.1. The Bertz CT molecular complexity index is 552. The molecule has 0 spiro atoms. The number of likely N-dealkylation sites (N-methyl/N-ethyl adjacent to an activating group) is 1. The molecule has 0 saturated heterocycles. The van der Waals surface area contributed by atoms with E-state index < -0.39 is 0 Å². The number of hydrogen-bond acceptors (Lipinski definition) is 3. The third-order valence-corrected chi connectivity index (χ3v) is 3.15. The standard InChI is InChI=1S/C16H18N2O2/c1-18(16(19)14-4-3-10-17-12-14)11-9-13-5-7-15(20-2)8-6-13/h3-8,10,12H,9,11H2,1-2H3. The average molecular weight is 270 g/mol. The number of nitrogens with zero attached hydrogens (tertiary/aromatic N) is 2. The van der Waals surface area contributed by atoms with E-state index in [0.29, 0.717) is 12.1 Å². The highest BCUT2D eigenvalue weighted by Crippen LogP contribution is 2.12. The molecule has 0 aliphatic carbocycles.